The molecule has 0 atom stereocenters. The first kappa shape index (κ1) is 17.9. The predicted octanol–water partition coefficient (Wildman–Crippen LogP) is 4.78. The number of ether oxygens (including phenoxy) is 1. The van der Waals surface area contributed by atoms with Crippen LogP contribution in [0.5, 0.6) is 5.75 Å². The molecule has 1 heterocycles. The van der Waals surface area contributed by atoms with Crippen LogP contribution in [-0.4, -0.2) is 26.1 Å². The average Bonchev–Trinajstić information content (AvgIpc) is 2.62. The number of nitrogens with zero attached hydrogens (tertiary/aromatic N) is 1. The van der Waals surface area contributed by atoms with Crippen molar-refractivity contribution in [2.45, 2.75) is 19.3 Å². The summed E-state index contributed by atoms with van der Waals surface area (Å²) < 4.78 is 5.29. The Balaban J connectivity index is 1.64. The molecule has 0 radical (unpaired) electrons. The third-order valence-electron chi connectivity index (χ3n) is 4.34. The second-order valence-corrected chi connectivity index (χ2v) is 6.79. The molecule has 3 rings (SSSR count). The number of carbonyl (C=O) groups is 1. The number of carbonyl (C=O) groups excluding carboxylic acids is 1. The Labute approximate surface area is 157 Å². The molecule has 0 fully saturated rings. The van der Waals surface area contributed by atoms with Gasteiger partial charge in [0.05, 0.1) is 22.8 Å². The second-order valence-electron chi connectivity index (χ2n) is 5.98. The number of nitrogens with one attached hydrogen (secondary N) is 1. The Hall–Kier alpha value is -1.91. The highest BCUT2D eigenvalue weighted by atomic mass is 35.5. The van der Waals surface area contributed by atoms with Gasteiger partial charge in [0, 0.05) is 25.2 Å². The van der Waals surface area contributed by atoms with Gasteiger partial charge in [0.15, 0.2) is 0 Å². The van der Waals surface area contributed by atoms with Gasteiger partial charge in [-0.15, -0.1) is 0 Å². The number of para-hydroxylation sites is 1. The number of amides is 1. The van der Waals surface area contributed by atoms with Gasteiger partial charge in [0.1, 0.15) is 5.75 Å². The van der Waals surface area contributed by atoms with Crippen molar-refractivity contribution in [1.29, 1.82) is 0 Å². The zero-order valence-corrected chi connectivity index (χ0v) is 15.5. The molecule has 6 heteroatoms. The standard InChI is InChI=1S/C19H20Cl2N2O2/c1-25-14-7-8-17-13(12-14)4-3-10-23(17)11-9-18(24)22-19-15(20)5-2-6-16(19)21/h2,5-8,12H,3-4,9-11H2,1H3,(H,22,24). The quantitative estimate of drug-likeness (QED) is 0.813. The number of rotatable bonds is 5. The molecule has 4 nitrogen and oxygen atoms in total. The van der Waals surface area contributed by atoms with Gasteiger partial charge in [-0.3, -0.25) is 4.79 Å². The van der Waals surface area contributed by atoms with E-state index < -0.39 is 0 Å². The van der Waals surface area contributed by atoms with Crippen LogP contribution in [0.25, 0.3) is 0 Å². The topological polar surface area (TPSA) is 41.6 Å². The van der Waals surface area contributed by atoms with Gasteiger partial charge in [-0.1, -0.05) is 29.3 Å². The van der Waals surface area contributed by atoms with Crippen molar-refractivity contribution in [3.63, 3.8) is 0 Å². The average molecular weight is 379 g/mol. The maximum Gasteiger partial charge on any atom is 0.226 e. The summed E-state index contributed by atoms with van der Waals surface area (Å²) in [5.41, 5.74) is 2.91. The maximum absolute atomic E-state index is 12.3. The van der Waals surface area contributed by atoms with E-state index in [0.29, 0.717) is 28.7 Å². The first-order chi connectivity index (χ1) is 12.1. The molecule has 0 saturated heterocycles. The van der Waals surface area contributed by atoms with E-state index in [4.69, 9.17) is 27.9 Å². The second kappa shape index (κ2) is 7.98. The van der Waals surface area contributed by atoms with Crippen LogP contribution in [0.2, 0.25) is 10.0 Å². The molecule has 1 amide bonds. The van der Waals surface area contributed by atoms with Crippen molar-refractivity contribution >= 4 is 40.5 Å². The molecule has 25 heavy (non-hydrogen) atoms. The molecule has 132 valence electrons. The van der Waals surface area contributed by atoms with Crippen molar-refractivity contribution in [1.82, 2.24) is 0 Å². The number of benzene rings is 2. The van der Waals surface area contributed by atoms with Crippen LogP contribution in [0.1, 0.15) is 18.4 Å². The predicted molar refractivity (Wildman–Crippen MR) is 103 cm³/mol. The molecular weight excluding hydrogens is 359 g/mol. The monoisotopic (exact) mass is 378 g/mol. The van der Waals surface area contributed by atoms with Crippen molar-refractivity contribution in [3.8, 4) is 5.75 Å². The number of methoxy groups -OCH3 is 1. The number of fused-ring (bicyclic) bond motifs is 1. The number of hydrogen-bond acceptors (Lipinski definition) is 3. The van der Waals surface area contributed by atoms with Crippen LogP contribution < -0.4 is 15.0 Å². The van der Waals surface area contributed by atoms with Crippen molar-refractivity contribution in [2.75, 3.05) is 30.4 Å². The zero-order valence-electron chi connectivity index (χ0n) is 14.0. The summed E-state index contributed by atoms with van der Waals surface area (Å²) >= 11 is 12.2. The van der Waals surface area contributed by atoms with E-state index in [2.05, 4.69) is 22.3 Å². The van der Waals surface area contributed by atoms with Gasteiger partial charge >= 0.3 is 0 Å². The number of aryl methyl sites for hydroxylation is 1. The molecule has 2 aromatic carbocycles. The fraction of sp³-hybridized carbons (Fsp3) is 0.316. The van der Waals surface area contributed by atoms with Crippen LogP contribution >= 0.6 is 23.2 Å². The lowest BCUT2D eigenvalue weighted by Gasteiger charge is -2.31. The van der Waals surface area contributed by atoms with E-state index in [1.54, 1.807) is 25.3 Å². The molecule has 0 aliphatic carbocycles. The summed E-state index contributed by atoms with van der Waals surface area (Å²) in [7, 11) is 1.67. The van der Waals surface area contributed by atoms with Crippen LogP contribution in [0.15, 0.2) is 36.4 Å². The fourth-order valence-electron chi connectivity index (χ4n) is 3.07. The minimum absolute atomic E-state index is 0.101. The lowest BCUT2D eigenvalue weighted by molar-refractivity contribution is -0.116. The lowest BCUT2D eigenvalue weighted by Crippen LogP contribution is -2.32. The SMILES string of the molecule is COc1ccc2c(c1)CCCN2CCC(=O)Nc1c(Cl)cccc1Cl. The Morgan fingerprint density at radius 3 is 2.72 bits per heavy atom. The summed E-state index contributed by atoms with van der Waals surface area (Å²) in [6.45, 7) is 1.59. The van der Waals surface area contributed by atoms with E-state index in [-0.39, 0.29) is 5.91 Å². The third kappa shape index (κ3) is 4.20. The minimum atomic E-state index is -0.101. The smallest absolute Gasteiger partial charge is 0.226 e. The summed E-state index contributed by atoms with van der Waals surface area (Å²) in [4.78, 5) is 14.5. The van der Waals surface area contributed by atoms with Crippen LogP contribution in [0.3, 0.4) is 0 Å². The number of halogens is 2. The largest absolute Gasteiger partial charge is 0.497 e. The van der Waals surface area contributed by atoms with E-state index in [9.17, 15) is 4.79 Å². The first-order valence-corrected chi connectivity index (χ1v) is 9.00. The van der Waals surface area contributed by atoms with Gasteiger partial charge in [-0.25, -0.2) is 0 Å². The molecule has 0 aromatic heterocycles. The summed E-state index contributed by atoms with van der Waals surface area (Å²) in [6.07, 6.45) is 2.47. The zero-order chi connectivity index (χ0) is 17.8. The fourth-order valence-corrected chi connectivity index (χ4v) is 3.56. The maximum atomic E-state index is 12.3. The van der Waals surface area contributed by atoms with Gasteiger partial charge in [-0.2, -0.15) is 0 Å². The Kier molecular flexibility index (Phi) is 5.71. The molecule has 0 bridgehead atoms. The first-order valence-electron chi connectivity index (χ1n) is 8.24. The Morgan fingerprint density at radius 2 is 2.00 bits per heavy atom. The van der Waals surface area contributed by atoms with E-state index >= 15 is 0 Å². The third-order valence-corrected chi connectivity index (χ3v) is 4.97. The minimum Gasteiger partial charge on any atom is -0.497 e. The van der Waals surface area contributed by atoms with E-state index in [1.807, 2.05) is 6.07 Å². The molecule has 1 N–H and O–H groups in total. The van der Waals surface area contributed by atoms with Gasteiger partial charge in [0.25, 0.3) is 0 Å². The van der Waals surface area contributed by atoms with E-state index in [0.717, 1.165) is 25.1 Å². The van der Waals surface area contributed by atoms with Gasteiger partial charge in [0.2, 0.25) is 5.91 Å². The highest BCUT2D eigenvalue weighted by Crippen LogP contribution is 2.31. The summed E-state index contributed by atoms with van der Waals surface area (Å²) in [5.74, 6) is 0.766. The van der Waals surface area contributed by atoms with Crippen LogP contribution in [-0.2, 0) is 11.2 Å². The summed E-state index contributed by atoms with van der Waals surface area (Å²) in [5, 5.41) is 3.69. The molecule has 0 spiro atoms. The molecule has 2 aromatic rings. The van der Waals surface area contributed by atoms with Gasteiger partial charge in [-0.05, 0) is 48.7 Å². The molecule has 1 aliphatic rings. The highest BCUT2D eigenvalue weighted by molar-refractivity contribution is 6.39. The lowest BCUT2D eigenvalue weighted by atomic mass is 10.0. The van der Waals surface area contributed by atoms with Crippen molar-refractivity contribution in [3.05, 3.63) is 52.0 Å². The highest BCUT2D eigenvalue weighted by Gasteiger charge is 2.18. The van der Waals surface area contributed by atoms with Crippen molar-refractivity contribution < 1.29 is 9.53 Å². The number of anilines is 2. The van der Waals surface area contributed by atoms with Crippen molar-refractivity contribution in [2.24, 2.45) is 0 Å². The number of hydrogen-bond donors (Lipinski definition) is 1. The Morgan fingerprint density at radius 1 is 1.24 bits per heavy atom. The molecule has 0 unspecified atom stereocenters. The Bertz CT molecular complexity index is 760. The van der Waals surface area contributed by atoms with E-state index in [1.165, 1.54) is 11.3 Å². The van der Waals surface area contributed by atoms with Gasteiger partial charge < -0.3 is 15.0 Å². The molecule has 1 aliphatic heterocycles. The molecular formula is C19H20Cl2N2O2. The summed E-state index contributed by atoms with van der Waals surface area (Å²) in [6, 6.07) is 11.3. The normalized spacial score (nSPS) is 13.3. The van der Waals surface area contributed by atoms with Crippen LogP contribution in [0.4, 0.5) is 11.4 Å². The molecule has 0 saturated carbocycles. The van der Waals surface area contributed by atoms with Crippen LogP contribution in [0, 0.1) is 0 Å².